The number of halogens is 3. The second kappa shape index (κ2) is 6.10. The summed E-state index contributed by atoms with van der Waals surface area (Å²) in [5.41, 5.74) is 1.17. The minimum Gasteiger partial charge on any atom is -0.435 e. The molecule has 1 aromatic carbocycles. The molecule has 0 radical (unpaired) electrons. The molecule has 1 unspecified atom stereocenters. The molecule has 1 rings (SSSR count). The fraction of sp³-hybridized carbons (Fsp3) is 0.417. The average Bonchev–Trinajstić information content (AvgIpc) is 2.26. The predicted molar refractivity (Wildman–Crippen MR) is 65.2 cm³/mol. The van der Waals surface area contributed by atoms with Crippen LogP contribution in [0.15, 0.2) is 18.2 Å². The van der Waals surface area contributed by atoms with E-state index in [1.54, 1.807) is 13.0 Å². The van der Waals surface area contributed by atoms with Crippen molar-refractivity contribution in [2.45, 2.75) is 31.7 Å². The third-order valence-corrected chi connectivity index (χ3v) is 2.66. The highest BCUT2D eigenvalue weighted by atomic mass is 79.9. The zero-order chi connectivity index (χ0) is 13.0. The second-order valence-corrected chi connectivity index (χ2v) is 4.95. The number of rotatable bonds is 5. The monoisotopic (exact) mass is 306 g/mol. The van der Waals surface area contributed by atoms with E-state index in [4.69, 9.17) is 0 Å². The summed E-state index contributed by atoms with van der Waals surface area (Å²) in [6.07, 6.45) is 0.650. The van der Waals surface area contributed by atoms with Crippen LogP contribution in [0.4, 0.5) is 8.78 Å². The van der Waals surface area contributed by atoms with Gasteiger partial charge in [-0.05, 0) is 37.1 Å². The third kappa shape index (κ3) is 4.07. The van der Waals surface area contributed by atoms with Crippen LogP contribution in [-0.2, 0) is 6.42 Å². The number of ketones is 1. The maximum atomic E-state index is 12.1. The molecular weight excluding hydrogens is 294 g/mol. The van der Waals surface area contributed by atoms with Crippen molar-refractivity contribution in [1.29, 1.82) is 0 Å². The molecule has 0 aliphatic rings. The van der Waals surface area contributed by atoms with Crippen LogP contribution < -0.4 is 4.74 Å². The maximum absolute atomic E-state index is 12.1. The first kappa shape index (κ1) is 14.1. The summed E-state index contributed by atoms with van der Waals surface area (Å²) >= 11 is 3.16. The maximum Gasteiger partial charge on any atom is 0.387 e. The van der Waals surface area contributed by atoms with Gasteiger partial charge in [0.25, 0.3) is 0 Å². The SMILES string of the molecule is CCc1cc(OC(F)F)cc(C(=O)C(C)Br)c1. The largest absolute Gasteiger partial charge is 0.435 e. The van der Waals surface area contributed by atoms with Crippen molar-refractivity contribution in [3.8, 4) is 5.75 Å². The molecule has 94 valence electrons. The Morgan fingerprint density at radius 1 is 1.41 bits per heavy atom. The van der Waals surface area contributed by atoms with Gasteiger partial charge < -0.3 is 4.74 Å². The van der Waals surface area contributed by atoms with Crippen LogP contribution in [0.3, 0.4) is 0 Å². The van der Waals surface area contributed by atoms with Gasteiger partial charge >= 0.3 is 6.61 Å². The summed E-state index contributed by atoms with van der Waals surface area (Å²) in [6.45, 7) is 0.688. The lowest BCUT2D eigenvalue weighted by Gasteiger charge is -2.10. The molecular formula is C12H13BrF2O2. The van der Waals surface area contributed by atoms with Crippen LogP contribution in [0, 0.1) is 0 Å². The van der Waals surface area contributed by atoms with E-state index in [2.05, 4.69) is 20.7 Å². The van der Waals surface area contributed by atoms with Crippen molar-refractivity contribution in [2.24, 2.45) is 0 Å². The minimum atomic E-state index is -2.88. The standard InChI is InChI=1S/C12H13BrF2O2/c1-3-8-4-9(11(16)7(2)13)6-10(5-8)17-12(14)15/h4-7,12H,3H2,1-2H3. The number of aryl methyl sites for hydroxylation is 1. The van der Waals surface area contributed by atoms with Crippen molar-refractivity contribution in [2.75, 3.05) is 0 Å². The zero-order valence-electron chi connectivity index (χ0n) is 9.54. The van der Waals surface area contributed by atoms with Gasteiger partial charge in [0.15, 0.2) is 5.78 Å². The second-order valence-electron chi connectivity index (χ2n) is 3.58. The van der Waals surface area contributed by atoms with E-state index in [0.29, 0.717) is 12.0 Å². The molecule has 5 heteroatoms. The predicted octanol–water partition coefficient (Wildman–Crippen LogP) is 3.82. The number of ether oxygens (including phenoxy) is 1. The van der Waals surface area contributed by atoms with Crippen LogP contribution in [0.25, 0.3) is 0 Å². The molecule has 0 aliphatic carbocycles. The van der Waals surface area contributed by atoms with E-state index in [1.165, 1.54) is 12.1 Å². The first-order valence-electron chi connectivity index (χ1n) is 5.21. The fourth-order valence-electron chi connectivity index (χ4n) is 1.41. The van der Waals surface area contributed by atoms with E-state index in [0.717, 1.165) is 5.56 Å². The Morgan fingerprint density at radius 3 is 2.53 bits per heavy atom. The van der Waals surface area contributed by atoms with Crippen LogP contribution in [0.5, 0.6) is 5.75 Å². The lowest BCUT2D eigenvalue weighted by atomic mass is 10.0. The topological polar surface area (TPSA) is 26.3 Å². The van der Waals surface area contributed by atoms with Crippen molar-refractivity contribution < 1.29 is 18.3 Å². The number of carbonyl (C=O) groups is 1. The molecule has 0 heterocycles. The van der Waals surface area contributed by atoms with Gasteiger partial charge in [-0.3, -0.25) is 4.79 Å². The van der Waals surface area contributed by atoms with Crippen molar-refractivity contribution >= 4 is 21.7 Å². The van der Waals surface area contributed by atoms with E-state index in [9.17, 15) is 13.6 Å². The van der Waals surface area contributed by atoms with Crippen molar-refractivity contribution in [1.82, 2.24) is 0 Å². The summed E-state index contributed by atoms with van der Waals surface area (Å²) < 4.78 is 28.6. The highest BCUT2D eigenvalue weighted by Gasteiger charge is 2.15. The van der Waals surface area contributed by atoms with Crippen molar-refractivity contribution in [3.05, 3.63) is 29.3 Å². The molecule has 2 nitrogen and oxygen atoms in total. The van der Waals surface area contributed by atoms with E-state index < -0.39 is 6.61 Å². The number of benzene rings is 1. The highest BCUT2D eigenvalue weighted by Crippen LogP contribution is 2.22. The molecule has 1 atom stereocenters. The molecule has 1 aromatic rings. The van der Waals surface area contributed by atoms with E-state index in [1.807, 2.05) is 6.92 Å². The Labute approximate surface area is 107 Å². The quantitative estimate of drug-likeness (QED) is 0.610. The zero-order valence-corrected chi connectivity index (χ0v) is 11.1. The van der Waals surface area contributed by atoms with Gasteiger partial charge in [0.05, 0.1) is 4.83 Å². The number of hydrogen-bond acceptors (Lipinski definition) is 2. The fourth-order valence-corrected chi connectivity index (χ4v) is 1.67. The van der Waals surface area contributed by atoms with Crippen LogP contribution in [-0.4, -0.2) is 17.2 Å². The minimum absolute atomic E-state index is 0.0239. The Morgan fingerprint density at radius 2 is 2.06 bits per heavy atom. The van der Waals surface area contributed by atoms with Gasteiger partial charge in [0.2, 0.25) is 0 Å². The Kier molecular flexibility index (Phi) is 5.05. The first-order chi connectivity index (χ1) is 7.93. The first-order valence-corrected chi connectivity index (χ1v) is 6.12. The Balaban J connectivity index is 3.09. The molecule has 0 saturated heterocycles. The number of hydrogen-bond donors (Lipinski definition) is 0. The summed E-state index contributed by atoms with van der Waals surface area (Å²) in [5.74, 6) is -0.129. The van der Waals surface area contributed by atoms with Crippen molar-refractivity contribution in [3.63, 3.8) is 0 Å². The number of alkyl halides is 3. The number of Topliss-reactive ketones (excluding diaryl/α,β-unsaturated/α-hetero) is 1. The smallest absolute Gasteiger partial charge is 0.387 e. The Hall–Kier alpha value is -0.970. The summed E-state index contributed by atoms with van der Waals surface area (Å²) in [7, 11) is 0. The van der Waals surface area contributed by atoms with Gasteiger partial charge in [-0.15, -0.1) is 0 Å². The van der Waals surface area contributed by atoms with Gasteiger partial charge in [-0.2, -0.15) is 8.78 Å². The molecule has 0 fully saturated rings. The third-order valence-electron chi connectivity index (χ3n) is 2.25. The lowest BCUT2D eigenvalue weighted by molar-refractivity contribution is -0.0499. The molecule has 17 heavy (non-hydrogen) atoms. The molecule has 0 spiro atoms. The lowest BCUT2D eigenvalue weighted by Crippen LogP contribution is -2.11. The van der Waals surface area contributed by atoms with Crippen LogP contribution in [0.1, 0.15) is 29.8 Å². The molecule has 0 amide bonds. The molecule has 0 aliphatic heterocycles. The number of carbonyl (C=O) groups excluding carboxylic acids is 1. The summed E-state index contributed by atoms with van der Waals surface area (Å²) in [5, 5.41) is 0. The van der Waals surface area contributed by atoms with E-state index >= 15 is 0 Å². The van der Waals surface area contributed by atoms with Gasteiger partial charge in [-0.25, -0.2) is 0 Å². The molecule has 0 aromatic heterocycles. The highest BCUT2D eigenvalue weighted by molar-refractivity contribution is 9.10. The average molecular weight is 307 g/mol. The summed E-state index contributed by atoms with van der Waals surface area (Å²) in [4.78, 5) is 11.4. The Bertz CT molecular complexity index is 405. The normalized spacial score (nSPS) is 12.6. The van der Waals surface area contributed by atoms with E-state index in [-0.39, 0.29) is 16.4 Å². The molecule has 0 bridgehead atoms. The van der Waals surface area contributed by atoms with Crippen LogP contribution in [0.2, 0.25) is 0 Å². The summed E-state index contributed by atoms with van der Waals surface area (Å²) in [6, 6.07) is 4.55. The van der Waals surface area contributed by atoms with Gasteiger partial charge in [-0.1, -0.05) is 22.9 Å². The van der Waals surface area contributed by atoms with Gasteiger partial charge in [0.1, 0.15) is 5.75 Å². The van der Waals surface area contributed by atoms with Gasteiger partial charge in [0, 0.05) is 5.56 Å². The van der Waals surface area contributed by atoms with Crippen LogP contribution >= 0.6 is 15.9 Å². The molecule has 0 saturated carbocycles. The molecule has 0 N–H and O–H groups in total.